The van der Waals surface area contributed by atoms with Crippen molar-refractivity contribution in [2.45, 2.75) is 30.1 Å². The van der Waals surface area contributed by atoms with Crippen molar-refractivity contribution in [1.29, 1.82) is 5.26 Å². The van der Waals surface area contributed by atoms with Crippen LogP contribution in [0.25, 0.3) is 22.3 Å². The normalized spacial score (nSPS) is 20.6. The number of rotatable bonds is 5. The highest BCUT2D eigenvalue weighted by atomic mass is 32.2. The summed E-state index contributed by atoms with van der Waals surface area (Å²) in [5.74, 6) is 0. The van der Waals surface area contributed by atoms with E-state index in [1.54, 1.807) is 6.20 Å². The van der Waals surface area contributed by atoms with E-state index in [2.05, 4.69) is 26.1 Å². The third kappa shape index (κ3) is 2.37. The number of hydrogen-bond acceptors (Lipinski definition) is 5. The minimum absolute atomic E-state index is 0.311. The highest BCUT2D eigenvalue weighted by molar-refractivity contribution is 7.83. The van der Waals surface area contributed by atoms with Crippen LogP contribution in [0.1, 0.15) is 19.3 Å². The van der Waals surface area contributed by atoms with Crippen LogP contribution in [-0.4, -0.2) is 51.6 Å². The lowest BCUT2D eigenvalue weighted by atomic mass is 9.89. The van der Waals surface area contributed by atoms with Crippen LogP contribution in [0.2, 0.25) is 0 Å². The molecule has 132 valence electrons. The molecule has 0 bridgehead atoms. The fourth-order valence-corrected chi connectivity index (χ4v) is 5.21. The Bertz CT molecular complexity index is 1040. The Morgan fingerprint density at radius 2 is 2.23 bits per heavy atom. The van der Waals surface area contributed by atoms with Crippen LogP contribution in [0.4, 0.5) is 0 Å². The first-order valence-corrected chi connectivity index (χ1v) is 9.73. The molecule has 1 unspecified atom stereocenters. The van der Waals surface area contributed by atoms with E-state index >= 15 is 0 Å². The van der Waals surface area contributed by atoms with Crippen LogP contribution in [0, 0.1) is 11.3 Å². The molecule has 1 aliphatic heterocycles. The molecule has 9 heteroatoms. The monoisotopic (exact) mass is 367 g/mol. The summed E-state index contributed by atoms with van der Waals surface area (Å²) in [5, 5.41) is 15.1. The molecule has 1 aliphatic carbocycles. The highest BCUT2D eigenvalue weighted by Crippen LogP contribution is 2.38. The van der Waals surface area contributed by atoms with E-state index in [0.29, 0.717) is 24.8 Å². The number of nitrogens with zero attached hydrogens (tertiary/aromatic N) is 6. The molecule has 4 heterocycles. The smallest absolute Gasteiger partial charge is 0.141 e. The van der Waals surface area contributed by atoms with E-state index in [1.807, 2.05) is 27.4 Å². The van der Waals surface area contributed by atoms with Gasteiger partial charge in [0.2, 0.25) is 0 Å². The maximum atomic E-state index is 12.4. The average Bonchev–Trinajstić information content (AvgIpc) is 3.15. The maximum Gasteiger partial charge on any atom is 0.141 e. The summed E-state index contributed by atoms with van der Waals surface area (Å²) in [6.45, 7) is 1.18. The number of hydrogen-bond donors (Lipinski definition) is 1. The molecular formula is C17H17N7OS. The zero-order valence-corrected chi connectivity index (χ0v) is 14.8. The molecule has 8 nitrogen and oxygen atoms in total. The van der Waals surface area contributed by atoms with Crippen molar-refractivity contribution in [2.24, 2.45) is 0 Å². The lowest BCUT2D eigenvalue weighted by Crippen LogP contribution is -2.63. The number of aromatic amines is 1. The summed E-state index contributed by atoms with van der Waals surface area (Å²) in [7, 11) is -0.927. The van der Waals surface area contributed by atoms with Crippen molar-refractivity contribution in [2.75, 3.05) is 13.1 Å². The Balaban J connectivity index is 1.46. The first kappa shape index (κ1) is 15.7. The van der Waals surface area contributed by atoms with E-state index < -0.39 is 16.5 Å². The predicted octanol–water partition coefficient (Wildman–Crippen LogP) is 1.57. The van der Waals surface area contributed by atoms with Gasteiger partial charge in [-0.05, 0) is 18.9 Å². The van der Waals surface area contributed by atoms with Crippen LogP contribution < -0.4 is 0 Å². The summed E-state index contributed by atoms with van der Waals surface area (Å²) in [4.78, 5) is 11.7. The molecular weight excluding hydrogens is 350 g/mol. The minimum atomic E-state index is -0.927. The van der Waals surface area contributed by atoms with Crippen LogP contribution in [-0.2, 0) is 16.5 Å². The molecule has 3 aromatic rings. The van der Waals surface area contributed by atoms with Crippen molar-refractivity contribution >= 4 is 22.0 Å². The van der Waals surface area contributed by atoms with Gasteiger partial charge in [0.1, 0.15) is 17.5 Å². The second kappa shape index (κ2) is 5.72. The van der Waals surface area contributed by atoms with E-state index in [0.717, 1.165) is 35.1 Å². The number of aromatic nitrogens is 5. The highest BCUT2D eigenvalue weighted by Gasteiger charge is 2.50. The van der Waals surface area contributed by atoms with Crippen molar-refractivity contribution < 1.29 is 4.21 Å². The quantitative estimate of drug-likeness (QED) is 0.737. The molecule has 0 aromatic carbocycles. The summed E-state index contributed by atoms with van der Waals surface area (Å²) in [5.41, 5.74) is 2.06. The predicted molar refractivity (Wildman–Crippen MR) is 96.1 cm³/mol. The van der Waals surface area contributed by atoms with Gasteiger partial charge in [0.25, 0.3) is 0 Å². The molecule has 26 heavy (non-hydrogen) atoms. The first-order chi connectivity index (χ1) is 12.7. The SMILES string of the molecule is N#CCC1(n2cc(-c3ncnc4[nH]ccc34)cn2)CN(S(=O)C2CC2)C1. The molecule has 2 aliphatic rings. The molecule has 0 amide bonds. The lowest BCUT2D eigenvalue weighted by Gasteiger charge is -2.47. The van der Waals surface area contributed by atoms with Gasteiger partial charge in [-0.1, -0.05) is 0 Å². The van der Waals surface area contributed by atoms with Crippen LogP contribution in [0.3, 0.4) is 0 Å². The first-order valence-electron chi connectivity index (χ1n) is 8.56. The molecule has 1 N–H and O–H groups in total. The molecule has 1 saturated carbocycles. The van der Waals surface area contributed by atoms with Crippen LogP contribution in [0.5, 0.6) is 0 Å². The second-order valence-electron chi connectivity index (χ2n) is 6.97. The summed E-state index contributed by atoms with van der Waals surface area (Å²) < 4.78 is 16.2. The van der Waals surface area contributed by atoms with Crippen molar-refractivity contribution in [3.05, 3.63) is 31.0 Å². The van der Waals surface area contributed by atoms with Gasteiger partial charge in [-0.3, -0.25) is 4.68 Å². The van der Waals surface area contributed by atoms with Gasteiger partial charge < -0.3 is 4.98 Å². The van der Waals surface area contributed by atoms with Gasteiger partial charge in [0, 0.05) is 41.7 Å². The summed E-state index contributed by atoms with van der Waals surface area (Å²) >= 11 is 0. The standard InChI is InChI=1S/C17H17N7OS/c18-5-4-17(9-23(10-17)26(25)13-1-2-13)24-8-12(7-22-24)15-14-3-6-19-16(14)21-11-20-15/h3,6-8,11,13H,1-2,4,9-10H2,(H,19,20,21). The van der Waals surface area contributed by atoms with E-state index in [1.165, 1.54) is 6.33 Å². The Labute approximate surface area is 152 Å². The summed E-state index contributed by atoms with van der Waals surface area (Å²) in [6, 6.07) is 4.21. The van der Waals surface area contributed by atoms with Crippen molar-refractivity contribution in [3.8, 4) is 17.3 Å². The van der Waals surface area contributed by atoms with Crippen LogP contribution >= 0.6 is 0 Å². The van der Waals surface area contributed by atoms with Gasteiger partial charge >= 0.3 is 0 Å². The number of nitriles is 1. The maximum absolute atomic E-state index is 12.4. The number of H-pyrrole nitrogens is 1. The third-order valence-electron chi connectivity index (χ3n) is 5.11. The van der Waals surface area contributed by atoms with Crippen molar-refractivity contribution in [3.63, 3.8) is 0 Å². The molecule has 2 fully saturated rings. The van der Waals surface area contributed by atoms with E-state index in [4.69, 9.17) is 0 Å². The van der Waals surface area contributed by atoms with Gasteiger partial charge in [0.15, 0.2) is 0 Å². The molecule has 1 saturated heterocycles. The topological polar surface area (TPSA) is 103 Å². The summed E-state index contributed by atoms with van der Waals surface area (Å²) in [6.07, 6.45) is 9.50. The zero-order valence-electron chi connectivity index (χ0n) is 14.0. The van der Waals surface area contributed by atoms with Crippen LogP contribution in [0.15, 0.2) is 31.0 Å². The Morgan fingerprint density at radius 1 is 1.38 bits per heavy atom. The largest absolute Gasteiger partial charge is 0.346 e. The molecule has 0 spiro atoms. The Kier molecular flexibility index (Phi) is 3.45. The number of nitrogens with one attached hydrogen (secondary N) is 1. The van der Waals surface area contributed by atoms with Gasteiger partial charge in [-0.25, -0.2) is 18.5 Å². The lowest BCUT2D eigenvalue weighted by molar-refractivity contribution is 0.0763. The van der Waals surface area contributed by atoms with Crippen molar-refractivity contribution in [1.82, 2.24) is 29.0 Å². The van der Waals surface area contributed by atoms with E-state index in [-0.39, 0.29) is 0 Å². The zero-order chi connectivity index (χ0) is 17.7. The fourth-order valence-electron chi connectivity index (χ4n) is 3.51. The fraction of sp³-hybridized carbons (Fsp3) is 0.412. The molecule has 1 atom stereocenters. The number of fused-ring (bicyclic) bond motifs is 1. The average molecular weight is 367 g/mol. The van der Waals surface area contributed by atoms with Gasteiger partial charge in [-0.15, -0.1) is 0 Å². The minimum Gasteiger partial charge on any atom is -0.346 e. The molecule has 3 aromatic heterocycles. The third-order valence-corrected chi connectivity index (χ3v) is 6.92. The molecule has 5 rings (SSSR count). The Morgan fingerprint density at radius 3 is 3.00 bits per heavy atom. The second-order valence-corrected chi connectivity index (χ2v) is 8.70. The van der Waals surface area contributed by atoms with E-state index in [9.17, 15) is 9.47 Å². The Hall–Kier alpha value is -2.57. The van der Waals surface area contributed by atoms with Gasteiger partial charge in [0.05, 0.1) is 35.4 Å². The molecule has 0 radical (unpaired) electrons. The van der Waals surface area contributed by atoms with Gasteiger partial charge in [-0.2, -0.15) is 10.4 Å².